The van der Waals surface area contributed by atoms with Crippen LogP contribution in [0.5, 0.6) is 0 Å². The van der Waals surface area contributed by atoms with Crippen molar-refractivity contribution in [3.8, 4) is 0 Å². The highest BCUT2D eigenvalue weighted by Gasteiger charge is 2.40. The Bertz CT molecular complexity index is 337. The molecule has 3 aliphatic heterocycles. The van der Waals surface area contributed by atoms with Gasteiger partial charge in [0.15, 0.2) is 0 Å². The van der Waals surface area contributed by atoms with Crippen molar-refractivity contribution >= 4 is 0 Å². The molecule has 6 atom stereocenters. The van der Waals surface area contributed by atoms with E-state index >= 15 is 0 Å². The molecular formula is C16H33N5. The molecule has 3 aliphatic rings. The van der Waals surface area contributed by atoms with E-state index in [1.54, 1.807) is 0 Å². The van der Waals surface area contributed by atoms with Gasteiger partial charge in [0.1, 0.15) is 0 Å². The molecule has 4 unspecified atom stereocenters. The number of likely N-dealkylation sites (N-methyl/N-ethyl adjacent to an activating group) is 1. The maximum atomic E-state index is 6.48. The van der Waals surface area contributed by atoms with Gasteiger partial charge in [-0.3, -0.25) is 5.43 Å². The van der Waals surface area contributed by atoms with Gasteiger partial charge in [-0.05, 0) is 50.6 Å². The third-order valence-corrected chi connectivity index (χ3v) is 5.86. The Hall–Kier alpha value is -0.200. The first kappa shape index (κ1) is 15.7. The summed E-state index contributed by atoms with van der Waals surface area (Å²) in [5.74, 6) is 1.49. The van der Waals surface area contributed by atoms with E-state index in [9.17, 15) is 0 Å². The molecule has 5 N–H and O–H groups in total. The average Bonchev–Trinajstić information content (AvgIpc) is 2.85. The third-order valence-electron chi connectivity index (χ3n) is 5.86. The minimum atomic E-state index is 0.325. The fourth-order valence-corrected chi connectivity index (χ4v) is 4.55. The third kappa shape index (κ3) is 3.59. The lowest BCUT2D eigenvalue weighted by Crippen LogP contribution is -2.56. The van der Waals surface area contributed by atoms with Crippen molar-refractivity contribution in [2.45, 2.75) is 63.2 Å². The summed E-state index contributed by atoms with van der Waals surface area (Å²) in [6.45, 7) is 5.69. The van der Waals surface area contributed by atoms with E-state index in [0.717, 1.165) is 37.9 Å². The molecule has 5 nitrogen and oxygen atoms in total. The first-order chi connectivity index (χ1) is 10.1. The summed E-state index contributed by atoms with van der Waals surface area (Å²) in [6, 6.07) is 2.02. The topological polar surface area (TPSA) is 65.3 Å². The normalized spacial score (nSPS) is 46.4. The predicted octanol–water partition coefficient (Wildman–Crippen LogP) is 0.279. The monoisotopic (exact) mass is 295 g/mol. The van der Waals surface area contributed by atoms with Crippen LogP contribution in [0.2, 0.25) is 0 Å². The van der Waals surface area contributed by atoms with E-state index < -0.39 is 0 Å². The summed E-state index contributed by atoms with van der Waals surface area (Å²) < 4.78 is 0. The molecule has 0 aromatic heterocycles. The fraction of sp³-hybridized carbons (Fsp3) is 1.00. The summed E-state index contributed by atoms with van der Waals surface area (Å²) >= 11 is 0. The van der Waals surface area contributed by atoms with Crippen molar-refractivity contribution in [3.05, 3.63) is 0 Å². The predicted molar refractivity (Wildman–Crippen MR) is 86.8 cm³/mol. The standard InChI is InChI=1S/C16H33N5/c1-11-4-3-5-13(17)14-8-12(6-7-18-14)16-15(19-9-11)10-20-21(16)2/h11-16,18-20H,3-10,17H2,1-2H3/t11-,12?,13+,14?,15?,16?/m1/s1. The molecule has 0 saturated carbocycles. The van der Waals surface area contributed by atoms with Crippen LogP contribution in [-0.2, 0) is 0 Å². The van der Waals surface area contributed by atoms with Crippen molar-refractivity contribution in [2.75, 3.05) is 26.7 Å². The van der Waals surface area contributed by atoms with Gasteiger partial charge >= 0.3 is 0 Å². The molecule has 3 fully saturated rings. The minimum Gasteiger partial charge on any atom is -0.326 e. The molecule has 3 rings (SSSR count). The highest BCUT2D eigenvalue weighted by molar-refractivity contribution is 4.98. The van der Waals surface area contributed by atoms with Gasteiger partial charge in [0.25, 0.3) is 0 Å². The van der Waals surface area contributed by atoms with Crippen molar-refractivity contribution in [1.82, 2.24) is 21.1 Å². The second-order valence-electron chi connectivity index (χ2n) is 7.52. The molecular weight excluding hydrogens is 262 g/mol. The van der Waals surface area contributed by atoms with Crippen LogP contribution in [0.25, 0.3) is 0 Å². The smallest absolute Gasteiger partial charge is 0.0435 e. The van der Waals surface area contributed by atoms with Gasteiger partial charge in [0.05, 0.1) is 0 Å². The molecule has 3 heterocycles. The van der Waals surface area contributed by atoms with E-state index in [1.165, 1.54) is 25.7 Å². The zero-order valence-electron chi connectivity index (χ0n) is 13.6. The number of piperidine rings is 1. The number of hydrogen-bond donors (Lipinski definition) is 4. The van der Waals surface area contributed by atoms with Gasteiger partial charge in [-0.1, -0.05) is 13.3 Å². The number of hydrogen-bond acceptors (Lipinski definition) is 5. The van der Waals surface area contributed by atoms with Crippen LogP contribution in [0, 0.1) is 11.8 Å². The van der Waals surface area contributed by atoms with Crippen LogP contribution in [0.4, 0.5) is 0 Å². The lowest BCUT2D eigenvalue weighted by atomic mass is 9.80. The zero-order chi connectivity index (χ0) is 14.8. The zero-order valence-corrected chi connectivity index (χ0v) is 13.6. The van der Waals surface area contributed by atoms with E-state index in [4.69, 9.17) is 5.73 Å². The molecule has 0 aliphatic carbocycles. The number of nitrogens with zero attached hydrogens (tertiary/aromatic N) is 1. The van der Waals surface area contributed by atoms with E-state index in [0.29, 0.717) is 24.2 Å². The molecule has 122 valence electrons. The number of rotatable bonds is 0. The SMILES string of the molecule is C[C@@H]1CCC[C@H](N)C2CC(CCN2)C2C(CNN2C)NC1. The summed E-state index contributed by atoms with van der Waals surface area (Å²) in [4.78, 5) is 0. The van der Waals surface area contributed by atoms with Crippen molar-refractivity contribution in [3.63, 3.8) is 0 Å². The van der Waals surface area contributed by atoms with Crippen LogP contribution in [0.15, 0.2) is 0 Å². The molecule has 0 aromatic rings. The Kier molecular flexibility index (Phi) is 5.17. The summed E-state index contributed by atoms with van der Waals surface area (Å²) in [6.07, 6.45) is 6.22. The Morgan fingerprint density at radius 1 is 1.05 bits per heavy atom. The Morgan fingerprint density at radius 3 is 2.76 bits per heavy atom. The first-order valence-electron chi connectivity index (χ1n) is 8.84. The highest BCUT2D eigenvalue weighted by atomic mass is 15.5. The molecule has 5 heteroatoms. The fourth-order valence-electron chi connectivity index (χ4n) is 4.55. The van der Waals surface area contributed by atoms with E-state index in [2.05, 4.69) is 35.0 Å². The maximum absolute atomic E-state index is 6.48. The quantitative estimate of drug-likeness (QED) is 0.517. The Labute approximate surface area is 129 Å². The average molecular weight is 295 g/mol. The Balaban J connectivity index is 1.75. The van der Waals surface area contributed by atoms with E-state index in [1.807, 2.05) is 0 Å². The maximum Gasteiger partial charge on any atom is 0.0435 e. The number of nitrogens with one attached hydrogen (secondary N) is 3. The number of fused-ring (bicyclic) bond motifs is 4. The number of hydrazine groups is 1. The van der Waals surface area contributed by atoms with Gasteiger partial charge in [-0.25, -0.2) is 5.01 Å². The van der Waals surface area contributed by atoms with Crippen LogP contribution in [-0.4, -0.2) is 55.9 Å². The second kappa shape index (κ2) is 6.92. The van der Waals surface area contributed by atoms with Gasteiger partial charge in [0.2, 0.25) is 0 Å². The molecule has 0 amide bonds. The number of nitrogens with two attached hydrogens (primary N) is 1. The van der Waals surface area contributed by atoms with Crippen molar-refractivity contribution < 1.29 is 0 Å². The molecule has 0 aromatic carbocycles. The highest BCUT2D eigenvalue weighted by Crippen LogP contribution is 2.29. The summed E-state index contributed by atoms with van der Waals surface area (Å²) in [5, 5.41) is 9.87. The van der Waals surface area contributed by atoms with Crippen LogP contribution < -0.4 is 21.8 Å². The second-order valence-corrected chi connectivity index (χ2v) is 7.52. The molecule has 21 heavy (non-hydrogen) atoms. The summed E-state index contributed by atoms with van der Waals surface area (Å²) in [7, 11) is 2.21. The lowest BCUT2D eigenvalue weighted by Gasteiger charge is -2.40. The van der Waals surface area contributed by atoms with Crippen molar-refractivity contribution in [2.24, 2.45) is 17.6 Å². The first-order valence-corrected chi connectivity index (χ1v) is 8.84. The van der Waals surface area contributed by atoms with Gasteiger partial charge in [0, 0.05) is 37.8 Å². The molecule has 0 spiro atoms. The summed E-state index contributed by atoms with van der Waals surface area (Å²) in [5.41, 5.74) is 10.0. The Morgan fingerprint density at radius 2 is 1.90 bits per heavy atom. The van der Waals surface area contributed by atoms with Crippen LogP contribution >= 0.6 is 0 Å². The van der Waals surface area contributed by atoms with Crippen LogP contribution in [0.3, 0.4) is 0 Å². The van der Waals surface area contributed by atoms with Gasteiger partial charge in [-0.2, -0.15) is 0 Å². The largest absolute Gasteiger partial charge is 0.326 e. The minimum absolute atomic E-state index is 0.325. The molecule has 3 saturated heterocycles. The van der Waals surface area contributed by atoms with Gasteiger partial charge < -0.3 is 16.4 Å². The molecule has 0 radical (unpaired) electrons. The lowest BCUT2D eigenvalue weighted by molar-refractivity contribution is 0.117. The van der Waals surface area contributed by atoms with E-state index in [-0.39, 0.29) is 0 Å². The van der Waals surface area contributed by atoms with Crippen LogP contribution in [0.1, 0.15) is 39.0 Å². The van der Waals surface area contributed by atoms with Gasteiger partial charge in [-0.15, -0.1) is 0 Å². The molecule has 2 bridgehead atoms. The van der Waals surface area contributed by atoms with Crippen molar-refractivity contribution in [1.29, 1.82) is 0 Å².